The molecular weight excluding hydrogens is 220 g/mol. The first-order valence-corrected chi connectivity index (χ1v) is 8.24. The van der Waals surface area contributed by atoms with Crippen molar-refractivity contribution < 1.29 is 13.3 Å². The molecule has 16 heavy (non-hydrogen) atoms. The number of hydrogen-bond acceptors (Lipinski definition) is 3. The van der Waals surface area contributed by atoms with Crippen LogP contribution in [0.15, 0.2) is 0 Å². The minimum absolute atomic E-state index is 0.368. The highest BCUT2D eigenvalue weighted by Crippen LogP contribution is 2.31. The average Bonchev–Trinajstić information content (AvgIpc) is 2.17. The summed E-state index contributed by atoms with van der Waals surface area (Å²) >= 11 is 0. The second kappa shape index (κ2) is 8.23. The number of rotatable bonds is 9. The smallest absolute Gasteiger partial charge is 0.374 e. The van der Waals surface area contributed by atoms with Crippen LogP contribution in [-0.4, -0.2) is 28.6 Å². The van der Waals surface area contributed by atoms with Crippen molar-refractivity contribution in [3.8, 4) is 0 Å². The Morgan fingerprint density at radius 3 is 1.44 bits per heavy atom. The fourth-order valence-electron chi connectivity index (χ4n) is 2.01. The van der Waals surface area contributed by atoms with E-state index in [1.165, 1.54) is 0 Å². The Morgan fingerprint density at radius 1 is 0.812 bits per heavy atom. The van der Waals surface area contributed by atoms with E-state index in [9.17, 15) is 0 Å². The molecule has 0 bridgehead atoms. The molecule has 0 rings (SSSR count). The largest absolute Gasteiger partial charge is 0.503 e. The summed E-state index contributed by atoms with van der Waals surface area (Å²) in [6.45, 7) is 14.6. The first-order chi connectivity index (χ1) is 7.52. The van der Waals surface area contributed by atoms with Crippen molar-refractivity contribution in [1.29, 1.82) is 0 Å². The van der Waals surface area contributed by atoms with Crippen molar-refractivity contribution in [2.75, 3.05) is 19.8 Å². The van der Waals surface area contributed by atoms with Crippen LogP contribution in [0.4, 0.5) is 0 Å². The van der Waals surface area contributed by atoms with Gasteiger partial charge in [0.15, 0.2) is 0 Å². The molecule has 0 aliphatic rings. The molecule has 0 radical (unpaired) electrons. The van der Waals surface area contributed by atoms with E-state index in [4.69, 9.17) is 13.3 Å². The molecule has 0 aliphatic carbocycles. The molecule has 3 nitrogen and oxygen atoms in total. The van der Waals surface area contributed by atoms with Crippen LogP contribution in [0, 0.1) is 5.92 Å². The molecule has 98 valence electrons. The average molecular weight is 248 g/mol. The SMILES string of the molecule is CCO[Si](OCC)(OCC)C(C)CC(C)C. The lowest BCUT2D eigenvalue weighted by Gasteiger charge is -2.34. The second-order valence-corrected chi connectivity index (χ2v) is 7.49. The summed E-state index contributed by atoms with van der Waals surface area (Å²) in [5.74, 6) is 0.642. The van der Waals surface area contributed by atoms with Crippen LogP contribution in [0.3, 0.4) is 0 Å². The van der Waals surface area contributed by atoms with Crippen LogP contribution in [0.2, 0.25) is 5.54 Å². The van der Waals surface area contributed by atoms with Crippen LogP contribution >= 0.6 is 0 Å². The van der Waals surface area contributed by atoms with Crippen LogP contribution in [0.5, 0.6) is 0 Å². The minimum atomic E-state index is -2.46. The molecule has 0 aromatic heterocycles. The maximum atomic E-state index is 5.87. The van der Waals surface area contributed by atoms with Gasteiger partial charge in [-0.05, 0) is 33.1 Å². The zero-order valence-corrected chi connectivity index (χ0v) is 12.7. The molecule has 0 fully saturated rings. The summed E-state index contributed by atoms with van der Waals surface area (Å²) in [6.07, 6.45) is 1.09. The van der Waals surface area contributed by atoms with E-state index in [0.717, 1.165) is 6.42 Å². The van der Waals surface area contributed by atoms with E-state index in [1.54, 1.807) is 0 Å². The van der Waals surface area contributed by atoms with Gasteiger partial charge in [-0.2, -0.15) is 0 Å². The zero-order chi connectivity index (χ0) is 12.6. The maximum Gasteiger partial charge on any atom is 0.503 e. The molecule has 0 heterocycles. The van der Waals surface area contributed by atoms with Gasteiger partial charge >= 0.3 is 8.80 Å². The molecule has 0 aromatic carbocycles. The lowest BCUT2D eigenvalue weighted by Crippen LogP contribution is -2.49. The lowest BCUT2D eigenvalue weighted by atomic mass is 10.1. The van der Waals surface area contributed by atoms with Crippen molar-refractivity contribution in [1.82, 2.24) is 0 Å². The molecule has 1 unspecified atom stereocenters. The van der Waals surface area contributed by atoms with Gasteiger partial charge in [0.05, 0.1) is 0 Å². The molecule has 0 N–H and O–H groups in total. The third kappa shape index (κ3) is 4.95. The maximum absolute atomic E-state index is 5.87. The van der Waals surface area contributed by atoms with Gasteiger partial charge in [-0.25, -0.2) is 0 Å². The van der Waals surface area contributed by atoms with E-state index < -0.39 is 8.80 Å². The Kier molecular flexibility index (Phi) is 8.28. The van der Waals surface area contributed by atoms with Gasteiger partial charge in [0.25, 0.3) is 0 Å². The monoisotopic (exact) mass is 248 g/mol. The van der Waals surface area contributed by atoms with Crippen molar-refractivity contribution in [2.45, 2.75) is 53.5 Å². The summed E-state index contributed by atoms with van der Waals surface area (Å²) < 4.78 is 17.6. The highest BCUT2D eigenvalue weighted by Gasteiger charge is 2.46. The molecule has 0 amide bonds. The Balaban J connectivity index is 4.68. The quantitative estimate of drug-likeness (QED) is 0.585. The zero-order valence-electron chi connectivity index (χ0n) is 11.7. The molecule has 4 heteroatoms. The van der Waals surface area contributed by atoms with Gasteiger partial charge in [0.1, 0.15) is 0 Å². The Bertz CT molecular complexity index is 157. The molecule has 1 atom stereocenters. The summed E-state index contributed by atoms with van der Waals surface area (Å²) in [4.78, 5) is 0. The lowest BCUT2D eigenvalue weighted by molar-refractivity contribution is 0.0601. The highest BCUT2D eigenvalue weighted by atomic mass is 28.4. The topological polar surface area (TPSA) is 27.7 Å². The normalized spacial score (nSPS) is 14.4. The Hall–Kier alpha value is 0.0969. The molecule has 0 saturated carbocycles. The van der Waals surface area contributed by atoms with Crippen LogP contribution in [0.1, 0.15) is 48.0 Å². The first kappa shape index (κ1) is 16.1. The van der Waals surface area contributed by atoms with E-state index in [0.29, 0.717) is 31.3 Å². The fourth-order valence-corrected chi connectivity index (χ4v) is 5.08. The summed E-state index contributed by atoms with van der Waals surface area (Å²) in [5.41, 5.74) is 0.368. The van der Waals surface area contributed by atoms with Gasteiger partial charge in [-0.15, -0.1) is 0 Å². The third-order valence-corrected chi connectivity index (χ3v) is 5.98. The Labute approximate surface area is 102 Å². The molecule has 0 aliphatic heterocycles. The van der Waals surface area contributed by atoms with Gasteiger partial charge in [-0.3, -0.25) is 0 Å². The van der Waals surface area contributed by atoms with Crippen molar-refractivity contribution >= 4 is 8.80 Å². The summed E-state index contributed by atoms with van der Waals surface area (Å²) in [5, 5.41) is 0. The summed E-state index contributed by atoms with van der Waals surface area (Å²) in [6, 6.07) is 0. The molecule has 0 spiro atoms. The van der Waals surface area contributed by atoms with Crippen LogP contribution in [-0.2, 0) is 13.3 Å². The summed E-state index contributed by atoms with van der Waals surface area (Å²) in [7, 11) is -2.46. The minimum Gasteiger partial charge on any atom is -0.374 e. The molecule has 0 saturated heterocycles. The van der Waals surface area contributed by atoms with Crippen molar-refractivity contribution in [2.24, 2.45) is 5.92 Å². The highest BCUT2D eigenvalue weighted by molar-refractivity contribution is 6.62. The second-order valence-electron chi connectivity index (χ2n) is 4.43. The van der Waals surface area contributed by atoms with Crippen LogP contribution in [0.25, 0.3) is 0 Å². The third-order valence-electron chi connectivity index (χ3n) is 2.47. The van der Waals surface area contributed by atoms with E-state index >= 15 is 0 Å². The van der Waals surface area contributed by atoms with Gasteiger partial charge < -0.3 is 13.3 Å². The van der Waals surface area contributed by atoms with Crippen LogP contribution < -0.4 is 0 Å². The Morgan fingerprint density at radius 2 is 1.19 bits per heavy atom. The number of hydrogen-bond donors (Lipinski definition) is 0. The first-order valence-electron chi connectivity index (χ1n) is 6.44. The fraction of sp³-hybridized carbons (Fsp3) is 1.00. The van der Waals surface area contributed by atoms with Gasteiger partial charge in [-0.1, -0.05) is 20.8 Å². The molecular formula is C12H28O3Si. The van der Waals surface area contributed by atoms with E-state index in [1.807, 2.05) is 20.8 Å². The van der Waals surface area contributed by atoms with Gasteiger partial charge in [0, 0.05) is 25.4 Å². The van der Waals surface area contributed by atoms with E-state index in [2.05, 4.69) is 20.8 Å². The standard InChI is InChI=1S/C12H28O3Si/c1-7-13-16(14-8-2,15-9-3)12(6)10-11(4)5/h11-12H,7-10H2,1-6H3. The van der Waals surface area contributed by atoms with Gasteiger partial charge in [0.2, 0.25) is 0 Å². The van der Waals surface area contributed by atoms with E-state index in [-0.39, 0.29) is 0 Å². The molecule has 0 aromatic rings. The van der Waals surface area contributed by atoms with Crippen molar-refractivity contribution in [3.05, 3.63) is 0 Å². The van der Waals surface area contributed by atoms with Crippen molar-refractivity contribution in [3.63, 3.8) is 0 Å². The predicted octanol–water partition coefficient (Wildman–Crippen LogP) is 3.47. The predicted molar refractivity (Wildman–Crippen MR) is 69.5 cm³/mol.